The van der Waals surface area contributed by atoms with Crippen LogP contribution in [0.5, 0.6) is 0 Å². The van der Waals surface area contributed by atoms with Gasteiger partial charge in [-0.25, -0.2) is 0 Å². The Kier molecular flexibility index (Phi) is 7.75. The van der Waals surface area contributed by atoms with Crippen molar-refractivity contribution < 1.29 is 4.74 Å². The summed E-state index contributed by atoms with van der Waals surface area (Å²) >= 11 is 0. The van der Waals surface area contributed by atoms with Crippen molar-refractivity contribution in [2.45, 2.75) is 26.7 Å². The number of ether oxygens (including phenoxy) is 1. The number of guanidine groups is 1. The molecule has 0 spiro atoms. The number of hydrogen-bond acceptors (Lipinski definition) is 2. The summed E-state index contributed by atoms with van der Waals surface area (Å²) in [5, 5.41) is 3.45. The fourth-order valence-electron chi connectivity index (χ4n) is 3.30. The molecular weight excluding hydrogens is 425 g/mol. The molecule has 1 aromatic rings. The lowest BCUT2D eigenvalue weighted by molar-refractivity contribution is 0.162. The van der Waals surface area contributed by atoms with Gasteiger partial charge < -0.3 is 15.0 Å². The van der Waals surface area contributed by atoms with E-state index in [0.717, 1.165) is 58.2 Å². The smallest absolute Gasteiger partial charge is 0.194 e. The maximum absolute atomic E-state index is 5.55. The first-order chi connectivity index (χ1) is 11.7. The molecule has 1 aromatic carbocycles. The van der Waals surface area contributed by atoms with Crippen molar-refractivity contribution in [1.82, 2.24) is 10.2 Å². The molecule has 0 bridgehead atoms. The molecule has 2 aliphatic heterocycles. The first-order valence-corrected chi connectivity index (χ1v) is 9.06. The first kappa shape index (κ1) is 20.2. The van der Waals surface area contributed by atoms with Crippen molar-refractivity contribution >= 4 is 35.5 Å². The molecule has 1 saturated heterocycles. The number of hydrogen-bond donors (Lipinski definition) is 1. The van der Waals surface area contributed by atoms with Crippen LogP contribution < -0.4 is 5.32 Å². The molecule has 0 saturated carbocycles. The Morgan fingerprint density at radius 3 is 2.72 bits per heavy atom. The van der Waals surface area contributed by atoms with E-state index in [-0.39, 0.29) is 29.4 Å². The van der Waals surface area contributed by atoms with Crippen LogP contribution in [0, 0.1) is 5.41 Å². The van der Waals surface area contributed by atoms with Crippen molar-refractivity contribution in [3.05, 3.63) is 42.0 Å². The summed E-state index contributed by atoms with van der Waals surface area (Å²) in [6, 6.07) is 10.7. The fourth-order valence-corrected chi connectivity index (χ4v) is 3.30. The highest BCUT2D eigenvalue weighted by Gasteiger charge is 2.30. The zero-order chi connectivity index (χ0) is 16.8. The summed E-state index contributed by atoms with van der Waals surface area (Å²) in [5.74, 6) is 1.04. The van der Waals surface area contributed by atoms with Crippen molar-refractivity contribution in [2.24, 2.45) is 10.4 Å². The zero-order valence-corrected chi connectivity index (χ0v) is 17.7. The molecule has 1 fully saturated rings. The number of rotatable bonds is 4. The molecule has 0 amide bonds. The maximum Gasteiger partial charge on any atom is 0.194 e. The molecule has 2 aliphatic rings. The summed E-state index contributed by atoms with van der Waals surface area (Å²) < 4.78 is 5.55. The second-order valence-corrected chi connectivity index (χ2v) is 7.07. The van der Waals surface area contributed by atoms with Crippen LogP contribution in [-0.2, 0) is 4.74 Å². The number of halogens is 1. The van der Waals surface area contributed by atoms with Gasteiger partial charge in [0.25, 0.3) is 0 Å². The van der Waals surface area contributed by atoms with E-state index < -0.39 is 0 Å². The van der Waals surface area contributed by atoms with Crippen LogP contribution in [-0.4, -0.2) is 50.3 Å². The summed E-state index contributed by atoms with van der Waals surface area (Å²) in [4.78, 5) is 7.27. The van der Waals surface area contributed by atoms with Crippen LogP contribution in [0.1, 0.15) is 32.3 Å². The van der Waals surface area contributed by atoms with Crippen molar-refractivity contribution in [1.29, 1.82) is 0 Å². The normalized spacial score (nSPS) is 23.8. The van der Waals surface area contributed by atoms with Gasteiger partial charge in [-0.05, 0) is 30.9 Å². The second-order valence-electron chi connectivity index (χ2n) is 7.07. The van der Waals surface area contributed by atoms with E-state index >= 15 is 0 Å². The van der Waals surface area contributed by atoms with Crippen molar-refractivity contribution in [2.75, 3.05) is 39.4 Å². The molecule has 2 heterocycles. The Labute approximate surface area is 168 Å². The molecule has 0 aromatic heterocycles. The molecule has 0 radical (unpaired) electrons. The van der Waals surface area contributed by atoms with Crippen molar-refractivity contribution in [3.63, 3.8) is 0 Å². The van der Waals surface area contributed by atoms with Gasteiger partial charge in [-0.3, -0.25) is 4.99 Å². The Morgan fingerprint density at radius 1 is 1.32 bits per heavy atom. The van der Waals surface area contributed by atoms with E-state index in [9.17, 15) is 0 Å². The maximum atomic E-state index is 5.55. The molecule has 3 rings (SSSR count). The van der Waals surface area contributed by atoms with E-state index in [4.69, 9.17) is 9.73 Å². The third-order valence-electron chi connectivity index (χ3n) is 4.90. The summed E-state index contributed by atoms with van der Waals surface area (Å²) in [5.41, 5.74) is 2.98. The van der Waals surface area contributed by atoms with Gasteiger partial charge in [0.05, 0.1) is 13.2 Å². The summed E-state index contributed by atoms with van der Waals surface area (Å²) in [6.07, 6.45) is 4.51. The van der Waals surface area contributed by atoms with E-state index in [1.807, 2.05) is 0 Å². The molecule has 0 aliphatic carbocycles. The van der Waals surface area contributed by atoms with Crippen LogP contribution >= 0.6 is 24.0 Å². The third-order valence-corrected chi connectivity index (χ3v) is 4.90. The highest BCUT2D eigenvalue weighted by atomic mass is 127. The van der Waals surface area contributed by atoms with Gasteiger partial charge >= 0.3 is 0 Å². The Balaban J connectivity index is 0.00000225. The molecular formula is C20H30IN3O. The standard InChI is InChI=1S/C20H29N3O.HI/c1-3-21-19(22-15-20(2)11-14-24-16-20)23-12-9-18(10-13-23)17-7-5-4-6-8-17;/h4-9H,3,10-16H2,1-2H3,(H,21,22);1H. The largest absolute Gasteiger partial charge is 0.381 e. The number of nitrogens with zero attached hydrogens (tertiary/aromatic N) is 2. The monoisotopic (exact) mass is 455 g/mol. The quantitative estimate of drug-likeness (QED) is 0.427. The zero-order valence-electron chi connectivity index (χ0n) is 15.3. The minimum absolute atomic E-state index is 0. The average Bonchev–Trinajstić information content (AvgIpc) is 3.06. The lowest BCUT2D eigenvalue weighted by atomic mass is 9.90. The van der Waals surface area contributed by atoms with E-state index in [2.05, 4.69) is 60.5 Å². The molecule has 5 heteroatoms. The number of nitrogens with one attached hydrogen (secondary N) is 1. The van der Waals surface area contributed by atoms with Gasteiger partial charge in [0.15, 0.2) is 5.96 Å². The Bertz CT molecular complexity index is 594. The number of benzene rings is 1. The van der Waals surface area contributed by atoms with Gasteiger partial charge in [0.2, 0.25) is 0 Å². The Morgan fingerprint density at radius 2 is 2.12 bits per heavy atom. The van der Waals surface area contributed by atoms with Crippen molar-refractivity contribution in [3.8, 4) is 0 Å². The topological polar surface area (TPSA) is 36.9 Å². The van der Waals surface area contributed by atoms with Crippen LogP contribution in [0.4, 0.5) is 0 Å². The van der Waals surface area contributed by atoms with E-state index in [1.54, 1.807) is 0 Å². The Hall–Kier alpha value is -1.08. The highest BCUT2D eigenvalue weighted by molar-refractivity contribution is 14.0. The van der Waals surface area contributed by atoms with Crippen LogP contribution in [0.2, 0.25) is 0 Å². The molecule has 1 unspecified atom stereocenters. The first-order valence-electron chi connectivity index (χ1n) is 9.06. The fraction of sp³-hybridized carbons (Fsp3) is 0.550. The minimum Gasteiger partial charge on any atom is -0.381 e. The lowest BCUT2D eigenvalue weighted by Crippen LogP contribution is -2.44. The second kappa shape index (κ2) is 9.57. The van der Waals surface area contributed by atoms with Gasteiger partial charge in [-0.2, -0.15) is 0 Å². The third kappa shape index (κ3) is 5.45. The molecule has 4 nitrogen and oxygen atoms in total. The predicted molar refractivity (Wildman–Crippen MR) is 116 cm³/mol. The van der Waals surface area contributed by atoms with E-state index in [0.29, 0.717) is 0 Å². The summed E-state index contributed by atoms with van der Waals surface area (Å²) in [6.45, 7) is 9.77. The van der Waals surface area contributed by atoms with Gasteiger partial charge in [-0.15, -0.1) is 24.0 Å². The molecule has 1 atom stereocenters. The number of aliphatic imine (C=N–C) groups is 1. The molecule has 138 valence electrons. The lowest BCUT2D eigenvalue weighted by Gasteiger charge is -2.30. The van der Waals surface area contributed by atoms with Crippen LogP contribution in [0.3, 0.4) is 0 Å². The average molecular weight is 455 g/mol. The van der Waals surface area contributed by atoms with Gasteiger partial charge in [0.1, 0.15) is 0 Å². The van der Waals surface area contributed by atoms with Crippen LogP contribution in [0.25, 0.3) is 5.57 Å². The van der Waals surface area contributed by atoms with Gasteiger partial charge in [0, 0.05) is 31.7 Å². The van der Waals surface area contributed by atoms with E-state index in [1.165, 1.54) is 11.1 Å². The highest BCUT2D eigenvalue weighted by Crippen LogP contribution is 2.28. The summed E-state index contributed by atoms with van der Waals surface area (Å²) in [7, 11) is 0. The van der Waals surface area contributed by atoms with Gasteiger partial charge in [-0.1, -0.05) is 43.3 Å². The molecule has 1 N–H and O–H groups in total. The molecule has 25 heavy (non-hydrogen) atoms. The predicted octanol–water partition coefficient (Wildman–Crippen LogP) is 3.79. The SMILES string of the molecule is CCNC(=NCC1(C)CCOC1)N1CC=C(c2ccccc2)CC1.I. The van der Waals surface area contributed by atoms with Crippen LogP contribution in [0.15, 0.2) is 41.4 Å². The minimum atomic E-state index is 0.